The van der Waals surface area contributed by atoms with Crippen molar-refractivity contribution in [1.29, 1.82) is 0 Å². The fraction of sp³-hybridized carbons (Fsp3) is 0.300. The highest BCUT2D eigenvalue weighted by Gasteiger charge is 2.36. The number of carboxylic acid groups (broad SMARTS) is 1. The second kappa shape index (κ2) is 4.82. The van der Waals surface area contributed by atoms with Crippen LogP contribution in [0.4, 0.5) is 13.2 Å². The minimum Gasteiger partial charge on any atom is -0.479 e. The molecule has 5 heteroatoms. The normalized spacial score (nSPS) is 14.9. The van der Waals surface area contributed by atoms with E-state index >= 15 is 0 Å². The molecule has 0 bridgehead atoms. The molecular formula is C10H9F3O2. The third kappa shape index (κ3) is 2.71. The van der Waals surface area contributed by atoms with Gasteiger partial charge in [0.25, 0.3) is 0 Å². The van der Waals surface area contributed by atoms with E-state index in [4.69, 9.17) is 5.11 Å². The van der Waals surface area contributed by atoms with E-state index in [1.165, 1.54) is 24.3 Å². The molecular weight excluding hydrogens is 209 g/mol. The molecule has 1 aromatic rings. The molecule has 0 heterocycles. The Bertz CT molecular complexity index is 327. The first-order valence-electron chi connectivity index (χ1n) is 4.24. The van der Waals surface area contributed by atoms with Gasteiger partial charge in [-0.25, -0.2) is 18.0 Å². The molecule has 0 saturated heterocycles. The molecule has 1 N–H and O–H groups in total. The fourth-order valence-corrected chi connectivity index (χ4v) is 1.27. The highest BCUT2D eigenvalue weighted by atomic mass is 19.3. The summed E-state index contributed by atoms with van der Waals surface area (Å²) in [6.07, 6.45) is -5.63. The van der Waals surface area contributed by atoms with Crippen LogP contribution in [0.15, 0.2) is 30.3 Å². The second-order valence-electron chi connectivity index (χ2n) is 3.01. The summed E-state index contributed by atoms with van der Waals surface area (Å²) in [5, 5.41) is 8.35. The first-order valence-corrected chi connectivity index (χ1v) is 4.24. The van der Waals surface area contributed by atoms with E-state index in [1.807, 2.05) is 0 Å². The summed E-state index contributed by atoms with van der Waals surface area (Å²) < 4.78 is 38.0. The summed E-state index contributed by atoms with van der Waals surface area (Å²) in [6, 6.07) is 7.07. The Kier molecular flexibility index (Phi) is 3.71. The van der Waals surface area contributed by atoms with E-state index in [1.54, 1.807) is 6.07 Å². The van der Waals surface area contributed by atoms with Crippen molar-refractivity contribution in [2.45, 2.75) is 18.5 Å². The molecule has 2 atom stereocenters. The van der Waals surface area contributed by atoms with Crippen LogP contribution < -0.4 is 0 Å². The average molecular weight is 218 g/mol. The highest BCUT2D eigenvalue weighted by Crippen LogP contribution is 2.28. The van der Waals surface area contributed by atoms with Gasteiger partial charge >= 0.3 is 5.97 Å². The maximum atomic E-state index is 13.0. The molecule has 1 rings (SSSR count). The lowest BCUT2D eigenvalue weighted by Gasteiger charge is -2.17. The Morgan fingerprint density at radius 3 is 2.07 bits per heavy atom. The van der Waals surface area contributed by atoms with Crippen molar-refractivity contribution in [3.63, 3.8) is 0 Å². The zero-order chi connectivity index (χ0) is 11.4. The Morgan fingerprint density at radius 2 is 1.67 bits per heavy atom. The third-order valence-corrected chi connectivity index (χ3v) is 2.01. The van der Waals surface area contributed by atoms with Gasteiger partial charge in [-0.05, 0) is 5.56 Å². The van der Waals surface area contributed by atoms with Gasteiger partial charge in [-0.1, -0.05) is 30.3 Å². The standard InChI is InChI=1S/C10H9F3O2/c11-8(10(14)15)7(9(12)13)6-4-2-1-3-5-6/h1-5,7-9H,(H,14,15). The number of carbonyl (C=O) groups is 1. The zero-order valence-electron chi connectivity index (χ0n) is 7.61. The second-order valence-corrected chi connectivity index (χ2v) is 3.01. The van der Waals surface area contributed by atoms with Gasteiger partial charge in [0.05, 0.1) is 5.92 Å². The zero-order valence-corrected chi connectivity index (χ0v) is 7.61. The number of aliphatic carboxylic acids is 1. The fourth-order valence-electron chi connectivity index (χ4n) is 1.27. The molecule has 0 aliphatic carbocycles. The Morgan fingerprint density at radius 1 is 1.13 bits per heavy atom. The number of hydrogen-bond donors (Lipinski definition) is 1. The Labute approximate surface area is 84.3 Å². The molecule has 2 nitrogen and oxygen atoms in total. The van der Waals surface area contributed by atoms with Crippen LogP contribution in [0, 0.1) is 0 Å². The summed E-state index contributed by atoms with van der Waals surface area (Å²) >= 11 is 0. The van der Waals surface area contributed by atoms with E-state index in [2.05, 4.69) is 0 Å². The predicted octanol–water partition coefficient (Wildman–Crippen LogP) is 2.46. The Hall–Kier alpha value is -1.52. The van der Waals surface area contributed by atoms with Gasteiger partial charge in [-0.3, -0.25) is 0 Å². The minimum absolute atomic E-state index is 0.0117. The van der Waals surface area contributed by atoms with Gasteiger partial charge in [0.15, 0.2) is 0 Å². The molecule has 0 fully saturated rings. The van der Waals surface area contributed by atoms with Crippen molar-refractivity contribution in [2.24, 2.45) is 0 Å². The molecule has 0 spiro atoms. The molecule has 0 aromatic heterocycles. The number of hydrogen-bond acceptors (Lipinski definition) is 1. The summed E-state index contributed by atoms with van der Waals surface area (Å²) in [5.41, 5.74) is -0.0117. The van der Waals surface area contributed by atoms with Crippen molar-refractivity contribution in [3.05, 3.63) is 35.9 Å². The molecule has 2 unspecified atom stereocenters. The van der Waals surface area contributed by atoms with E-state index in [0.717, 1.165) is 0 Å². The van der Waals surface area contributed by atoms with Crippen molar-refractivity contribution < 1.29 is 23.1 Å². The van der Waals surface area contributed by atoms with Crippen LogP contribution in [-0.2, 0) is 4.79 Å². The van der Waals surface area contributed by atoms with Gasteiger partial charge in [0.2, 0.25) is 12.6 Å². The number of benzene rings is 1. The molecule has 0 aliphatic rings. The Balaban J connectivity index is 2.99. The lowest BCUT2D eigenvalue weighted by Crippen LogP contribution is -2.28. The predicted molar refractivity (Wildman–Crippen MR) is 47.7 cm³/mol. The lowest BCUT2D eigenvalue weighted by molar-refractivity contribution is -0.145. The summed E-state index contributed by atoms with van der Waals surface area (Å²) in [6.45, 7) is 0. The molecule has 0 amide bonds. The van der Waals surface area contributed by atoms with Crippen LogP contribution in [0.5, 0.6) is 0 Å². The number of alkyl halides is 3. The summed E-state index contributed by atoms with van der Waals surface area (Å²) in [4.78, 5) is 10.3. The van der Waals surface area contributed by atoms with Crippen molar-refractivity contribution >= 4 is 5.97 Å². The van der Waals surface area contributed by atoms with Gasteiger partial charge in [0.1, 0.15) is 0 Å². The van der Waals surface area contributed by atoms with Crippen LogP contribution in [0.1, 0.15) is 11.5 Å². The molecule has 82 valence electrons. The van der Waals surface area contributed by atoms with Crippen molar-refractivity contribution in [3.8, 4) is 0 Å². The van der Waals surface area contributed by atoms with Crippen LogP contribution in [-0.4, -0.2) is 23.7 Å². The molecule has 1 aromatic carbocycles. The van der Waals surface area contributed by atoms with Gasteiger partial charge in [-0.15, -0.1) is 0 Å². The summed E-state index contributed by atoms with van der Waals surface area (Å²) in [5.74, 6) is -3.78. The third-order valence-electron chi connectivity index (χ3n) is 2.01. The van der Waals surface area contributed by atoms with Gasteiger partial charge in [0, 0.05) is 0 Å². The molecule has 0 aliphatic heterocycles. The summed E-state index contributed by atoms with van der Waals surface area (Å²) in [7, 11) is 0. The number of halogens is 3. The van der Waals surface area contributed by atoms with Crippen LogP contribution in [0.25, 0.3) is 0 Å². The van der Waals surface area contributed by atoms with Gasteiger partial charge in [-0.2, -0.15) is 0 Å². The minimum atomic E-state index is -3.04. The van der Waals surface area contributed by atoms with E-state index in [9.17, 15) is 18.0 Å². The average Bonchev–Trinajstić information content (AvgIpc) is 2.18. The quantitative estimate of drug-likeness (QED) is 0.842. The molecule has 0 saturated carbocycles. The van der Waals surface area contributed by atoms with E-state index < -0.39 is 24.5 Å². The van der Waals surface area contributed by atoms with E-state index in [-0.39, 0.29) is 5.56 Å². The monoisotopic (exact) mass is 218 g/mol. The van der Waals surface area contributed by atoms with Crippen LogP contribution >= 0.6 is 0 Å². The maximum Gasteiger partial charge on any atom is 0.339 e. The topological polar surface area (TPSA) is 37.3 Å². The smallest absolute Gasteiger partial charge is 0.339 e. The van der Waals surface area contributed by atoms with Crippen LogP contribution in [0.2, 0.25) is 0 Å². The molecule has 0 radical (unpaired) electrons. The largest absolute Gasteiger partial charge is 0.479 e. The number of rotatable bonds is 4. The van der Waals surface area contributed by atoms with Crippen LogP contribution in [0.3, 0.4) is 0 Å². The van der Waals surface area contributed by atoms with Crippen molar-refractivity contribution in [1.82, 2.24) is 0 Å². The first kappa shape index (κ1) is 11.6. The molecule has 15 heavy (non-hydrogen) atoms. The van der Waals surface area contributed by atoms with E-state index in [0.29, 0.717) is 0 Å². The first-order chi connectivity index (χ1) is 7.04. The van der Waals surface area contributed by atoms with Gasteiger partial charge < -0.3 is 5.11 Å². The lowest BCUT2D eigenvalue weighted by atomic mass is 9.95. The maximum absolute atomic E-state index is 13.0. The van der Waals surface area contributed by atoms with Crippen molar-refractivity contribution in [2.75, 3.05) is 0 Å². The highest BCUT2D eigenvalue weighted by molar-refractivity contribution is 5.73. The SMILES string of the molecule is O=C(O)C(F)C(c1ccccc1)C(F)F. The number of carboxylic acids is 1.